The zero-order chi connectivity index (χ0) is 13.0. The monoisotopic (exact) mass is 259 g/mol. The summed E-state index contributed by atoms with van der Waals surface area (Å²) in [5.74, 6) is -1.56. The zero-order valence-corrected chi connectivity index (χ0v) is 9.88. The molecule has 0 atom stereocenters. The number of Topliss-reactive ketones (excluding diaryl/α,β-unsaturated/α-hetero) is 1. The van der Waals surface area contributed by atoms with Gasteiger partial charge in [0.25, 0.3) is 0 Å². The fraction of sp³-hybridized carbons (Fsp3) is 0.273. The van der Waals surface area contributed by atoms with Crippen molar-refractivity contribution in [1.82, 2.24) is 0 Å². The molecule has 0 aromatic heterocycles. The molecule has 2 N–H and O–H groups in total. The van der Waals surface area contributed by atoms with Gasteiger partial charge in [-0.25, -0.2) is 4.39 Å². The number of nitrogen functional groups attached to an aromatic ring is 1. The third-order valence-electron chi connectivity index (χ3n) is 2.17. The topological polar surface area (TPSA) is 69.4 Å². The van der Waals surface area contributed by atoms with Crippen LogP contribution in [0.4, 0.5) is 10.1 Å². The number of ketones is 1. The molecule has 0 fully saturated rings. The SMILES string of the molecule is COC(=O)CCC(=O)c1cc(N)c(F)cc1Cl. The van der Waals surface area contributed by atoms with Gasteiger partial charge in [-0.2, -0.15) is 0 Å². The first kappa shape index (κ1) is 13.4. The number of halogens is 2. The highest BCUT2D eigenvalue weighted by Crippen LogP contribution is 2.23. The molecule has 92 valence electrons. The number of nitrogens with two attached hydrogens (primary N) is 1. The van der Waals surface area contributed by atoms with Crippen molar-refractivity contribution in [2.24, 2.45) is 0 Å². The van der Waals surface area contributed by atoms with Crippen molar-refractivity contribution >= 4 is 29.0 Å². The summed E-state index contributed by atoms with van der Waals surface area (Å²) in [7, 11) is 1.23. The Hall–Kier alpha value is -1.62. The van der Waals surface area contributed by atoms with Gasteiger partial charge < -0.3 is 10.5 Å². The van der Waals surface area contributed by atoms with Crippen LogP contribution in [0.2, 0.25) is 5.02 Å². The fourth-order valence-corrected chi connectivity index (χ4v) is 1.49. The normalized spacial score (nSPS) is 10.1. The minimum atomic E-state index is -0.681. The number of benzene rings is 1. The molecular formula is C11H11ClFNO3. The van der Waals surface area contributed by atoms with E-state index in [4.69, 9.17) is 17.3 Å². The Bertz CT molecular complexity index is 462. The van der Waals surface area contributed by atoms with Gasteiger partial charge in [0.2, 0.25) is 0 Å². The average Bonchev–Trinajstić information content (AvgIpc) is 2.30. The van der Waals surface area contributed by atoms with Gasteiger partial charge in [0.15, 0.2) is 5.78 Å². The number of hydrogen-bond donors (Lipinski definition) is 1. The second kappa shape index (κ2) is 5.63. The molecule has 1 rings (SSSR count). The molecule has 0 radical (unpaired) electrons. The lowest BCUT2D eigenvalue weighted by molar-refractivity contribution is -0.140. The van der Waals surface area contributed by atoms with Crippen LogP contribution in [0.25, 0.3) is 0 Å². The number of ether oxygens (including phenoxy) is 1. The lowest BCUT2D eigenvalue weighted by Gasteiger charge is -2.05. The third-order valence-corrected chi connectivity index (χ3v) is 2.48. The van der Waals surface area contributed by atoms with Crippen molar-refractivity contribution < 1.29 is 18.7 Å². The van der Waals surface area contributed by atoms with Crippen LogP contribution < -0.4 is 5.73 Å². The summed E-state index contributed by atoms with van der Waals surface area (Å²) < 4.78 is 17.4. The summed E-state index contributed by atoms with van der Waals surface area (Å²) in [5.41, 5.74) is 5.28. The Kier molecular flexibility index (Phi) is 4.45. The lowest BCUT2D eigenvalue weighted by atomic mass is 10.1. The van der Waals surface area contributed by atoms with Crippen molar-refractivity contribution in [2.45, 2.75) is 12.8 Å². The maximum absolute atomic E-state index is 13.0. The third kappa shape index (κ3) is 3.42. The molecule has 0 aliphatic rings. The van der Waals surface area contributed by atoms with Crippen LogP contribution in [0, 0.1) is 5.82 Å². The van der Waals surface area contributed by atoms with Crippen LogP contribution in [0.3, 0.4) is 0 Å². The van der Waals surface area contributed by atoms with Gasteiger partial charge in [0, 0.05) is 12.0 Å². The second-order valence-electron chi connectivity index (χ2n) is 3.35. The van der Waals surface area contributed by atoms with Crippen LogP contribution in [0.1, 0.15) is 23.2 Å². The summed E-state index contributed by atoms with van der Waals surface area (Å²) >= 11 is 5.71. The molecule has 0 bridgehead atoms. The fourth-order valence-electron chi connectivity index (χ4n) is 1.23. The number of hydrogen-bond acceptors (Lipinski definition) is 4. The van der Waals surface area contributed by atoms with Crippen LogP contribution in [0.15, 0.2) is 12.1 Å². The average molecular weight is 260 g/mol. The predicted octanol–water partition coefficient (Wildman–Crippen LogP) is 2.20. The molecule has 0 spiro atoms. The quantitative estimate of drug-likeness (QED) is 0.511. The molecule has 6 heteroatoms. The number of methoxy groups -OCH3 is 1. The molecule has 0 aliphatic heterocycles. The van der Waals surface area contributed by atoms with E-state index in [0.717, 1.165) is 12.1 Å². The summed E-state index contributed by atoms with van der Waals surface area (Å²) in [6.07, 6.45) is -0.111. The second-order valence-corrected chi connectivity index (χ2v) is 3.76. The van der Waals surface area contributed by atoms with E-state index in [1.165, 1.54) is 7.11 Å². The van der Waals surface area contributed by atoms with E-state index >= 15 is 0 Å². The zero-order valence-electron chi connectivity index (χ0n) is 9.13. The summed E-state index contributed by atoms with van der Waals surface area (Å²) in [6.45, 7) is 0. The van der Waals surface area contributed by atoms with Gasteiger partial charge >= 0.3 is 5.97 Å². The molecule has 0 amide bonds. The van der Waals surface area contributed by atoms with E-state index in [1.54, 1.807) is 0 Å². The van der Waals surface area contributed by atoms with Crippen molar-refractivity contribution in [3.63, 3.8) is 0 Å². The molecule has 17 heavy (non-hydrogen) atoms. The first-order valence-corrected chi connectivity index (χ1v) is 5.18. The Balaban J connectivity index is 2.82. The van der Waals surface area contributed by atoms with Crippen molar-refractivity contribution in [3.05, 3.63) is 28.5 Å². The highest BCUT2D eigenvalue weighted by Gasteiger charge is 2.15. The minimum absolute atomic E-state index is 0.0217. The van der Waals surface area contributed by atoms with Gasteiger partial charge in [0.1, 0.15) is 5.82 Å². The standard InChI is InChI=1S/C11H11ClFNO3/c1-17-11(16)3-2-10(15)6-4-9(14)8(13)5-7(6)12/h4-5H,2-3,14H2,1H3. The molecule has 1 aromatic rings. The van der Waals surface area contributed by atoms with Crippen LogP contribution in [-0.4, -0.2) is 18.9 Å². The van der Waals surface area contributed by atoms with Crippen LogP contribution in [0.5, 0.6) is 0 Å². The van der Waals surface area contributed by atoms with Gasteiger partial charge in [-0.05, 0) is 12.1 Å². The summed E-state index contributed by atoms with van der Waals surface area (Å²) in [5, 5.41) is -0.0217. The Morgan fingerprint density at radius 2 is 2.06 bits per heavy atom. The van der Waals surface area contributed by atoms with Crippen LogP contribution >= 0.6 is 11.6 Å². The number of rotatable bonds is 4. The Morgan fingerprint density at radius 3 is 2.65 bits per heavy atom. The van der Waals surface area contributed by atoms with E-state index < -0.39 is 11.8 Å². The Labute approximate surface area is 103 Å². The van der Waals surface area contributed by atoms with Crippen LogP contribution in [-0.2, 0) is 9.53 Å². The van der Waals surface area contributed by atoms with Gasteiger partial charge in [-0.1, -0.05) is 11.6 Å². The number of anilines is 1. The lowest BCUT2D eigenvalue weighted by Crippen LogP contribution is -2.07. The first-order chi connectivity index (χ1) is 7.95. The molecule has 0 aliphatic carbocycles. The van der Waals surface area contributed by atoms with E-state index in [-0.39, 0.29) is 34.9 Å². The summed E-state index contributed by atoms with van der Waals surface area (Å²) in [4.78, 5) is 22.5. The molecule has 0 unspecified atom stereocenters. The van der Waals surface area contributed by atoms with Crippen molar-refractivity contribution in [3.8, 4) is 0 Å². The molecule has 0 heterocycles. The maximum atomic E-state index is 13.0. The summed E-state index contributed by atoms with van der Waals surface area (Å²) in [6, 6.07) is 2.14. The van der Waals surface area contributed by atoms with Crippen molar-refractivity contribution in [1.29, 1.82) is 0 Å². The van der Waals surface area contributed by atoms with Crippen molar-refractivity contribution in [2.75, 3.05) is 12.8 Å². The molecule has 4 nitrogen and oxygen atoms in total. The molecule has 1 aromatic carbocycles. The molecule has 0 saturated carbocycles. The largest absolute Gasteiger partial charge is 0.469 e. The highest BCUT2D eigenvalue weighted by atomic mass is 35.5. The highest BCUT2D eigenvalue weighted by molar-refractivity contribution is 6.34. The minimum Gasteiger partial charge on any atom is -0.469 e. The first-order valence-electron chi connectivity index (χ1n) is 4.80. The Morgan fingerprint density at radius 1 is 1.41 bits per heavy atom. The predicted molar refractivity (Wildman–Crippen MR) is 61.4 cm³/mol. The maximum Gasteiger partial charge on any atom is 0.305 e. The molecular weight excluding hydrogens is 249 g/mol. The van der Waals surface area contributed by atoms with Gasteiger partial charge in [0.05, 0.1) is 24.2 Å². The van der Waals surface area contributed by atoms with Gasteiger partial charge in [-0.3, -0.25) is 9.59 Å². The van der Waals surface area contributed by atoms with Gasteiger partial charge in [-0.15, -0.1) is 0 Å². The van der Waals surface area contributed by atoms with E-state index in [0.29, 0.717) is 0 Å². The smallest absolute Gasteiger partial charge is 0.305 e. The number of carbonyl (C=O) groups is 2. The van der Waals surface area contributed by atoms with E-state index in [2.05, 4.69) is 4.74 Å². The number of esters is 1. The van der Waals surface area contributed by atoms with E-state index in [9.17, 15) is 14.0 Å². The number of carbonyl (C=O) groups excluding carboxylic acids is 2. The van der Waals surface area contributed by atoms with E-state index in [1.807, 2.05) is 0 Å². The molecule has 0 saturated heterocycles.